The van der Waals surface area contributed by atoms with Gasteiger partial charge in [0.05, 0.1) is 19.8 Å². The molecule has 2 fully saturated rings. The minimum absolute atomic E-state index is 0. The maximum Gasteiger partial charge on any atom is 0.191 e. The van der Waals surface area contributed by atoms with Crippen LogP contribution in [0.4, 0.5) is 0 Å². The number of hydrogen-bond donors (Lipinski definition) is 2. The number of hydrogen-bond acceptors (Lipinski definition) is 5. The highest BCUT2D eigenvalue weighted by molar-refractivity contribution is 14.0. The van der Waals surface area contributed by atoms with E-state index in [4.69, 9.17) is 14.2 Å². The van der Waals surface area contributed by atoms with Gasteiger partial charge in [-0.15, -0.1) is 24.0 Å². The van der Waals surface area contributed by atoms with Gasteiger partial charge >= 0.3 is 0 Å². The molecule has 1 saturated carbocycles. The molecule has 0 aromatic heterocycles. The monoisotopic (exact) mass is 560 g/mol. The van der Waals surface area contributed by atoms with Crippen LogP contribution in [0.1, 0.15) is 44.1 Å². The molecule has 0 amide bonds. The number of guanidine groups is 1. The van der Waals surface area contributed by atoms with E-state index in [1.54, 1.807) is 14.2 Å². The number of rotatable bonds is 10. The lowest BCUT2D eigenvalue weighted by molar-refractivity contribution is 0.121. The Kier molecular flexibility index (Phi) is 12.5. The molecule has 2 N–H and O–H groups in total. The highest BCUT2D eigenvalue weighted by Gasteiger charge is 2.20. The molecule has 182 valence electrons. The third-order valence-corrected chi connectivity index (χ3v) is 6.42. The molecule has 1 heterocycles. The summed E-state index contributed by atoms with van der Waals surface area (Å²) in [5, 5.41) is 6.97. The van der Waals surface area contributed by atoms with Gasteiger partial charge in [-0.3, -0.25) is 4.99 Å². The fraction of sp³-hybridized carbons (Fsp3) is 0.708. The lowest BCUT2D eigenvalue weighted by Crippen LogP contribution is -2.43. The van der Waals surface area contributed by atoms with Gasteiger partial charge in [0.25, 0.3) is 0 Å². The Bertz CT molecular complexity index is 690. The fourth-order valence-electron chi connectivity index (χ4n) is 4.38. The van der Waals surface area contributed by atoms with E-state index < -0.39 is 0 Å². The zero-order valence-electron chi connectivity index (χ0n) is 19.9. The molecule has 0 bridgehead atoms. The van der Waals surface area contributed by atoms with Crippen LogP contribution in [0.15, 0.2) is 23.2 Å². The Morgan fingerprint density at radius 3 is 2.50 bits per heavy atom. The Labute approximate surface area is 210 Å². The van der Waals surface area contributed by atoms with Crippen LogP contribution in [0.25, 0.3) is 0 Å². The molecule has 0 atom stereocenters. The fourth-order valence-corrected chi connectivity index (χ4v) is 4.38. The lowest BCUT2D eigenvalue weighted by Gasteiger charge is -2.32. The number of nitrogens with one attached hydrogen (secondary N) is 2. The molecular formula is C24H41IN4O3. The molecule has 7 nitrogen and oxygen atoms in total. The van der Waals surface area contributed by atoms with Crippen molar-refractivity contribution in [3.05, 3.63) is 23.8 Å². The van der Waals surface area contributed by atoms with Crippen LogP contribution in [0, 0.1) is 5.92 Å². The largest absolute Gasteiger partial charge is 0.497 e. The number of aliphatic imine (C=N–C) groups is 1. The van der Waals surface area contributed by atoms with Crippen LogP contribution in [0.5, 0.6) is 11.5 Å². The first kappa shape index (κ1) is 27.0. The number of ether oxygens (including phenoxy) is 3. The third kappa shape index (κ3) is 8.59. The molecule has 32 heavy (non-hydrogen) atoms. The molecule has 1 aliphatic carbocycles. The summed E-state index contributed by atoms with van der Waals surface area (Å²) in [5.41, 5.74) is 1.13. The van der Waals surface area contributed by atoms with Crippen LogP contribution in [0.2, 0.25) is 0 Å². The van der Waals surface area contributed by atoms with Gasteiger partial charge in [0.1, 0.15) is 11.5 Å². The maximum atomic E-state index is 6.31. The number of halogens is 1. The van der Waals surface area contributed by atoms with Gasteiger partial charge in [-0.1, -0.05) is 0 Å². The standard InChI is InChI=1S/C24H40N4O3.HI/c1-25-24(26-17-19-10-12-28(13-11-19)14-15-29-2)27-18-20-8-9-22(30-3)16-23(20)31-21-6-4-5-7-21;/h8-9,16,19,21H,4-7,10-15,17-18H2,1-3H3,(H2,25,26,27);1H. The molecule has 1 saturated heterocycles. The predicted octanol–water partition coefficient (Wildman–Crippen LogP) is 3.66. The Hall–Kier alpha value is -1.26. The van der Waals surface area contributed by atoms with Crippen molar-refractivity contribution in [3.63, 3.8) is 0 Å². The average Bonchev–Trinajstić information content (AvgIpc) is 3.32. The first-order chi connectivity index (χ1) is 15.2. The topological polar surface area (TPSA) is 67.4 Å². The van der Waals surface area contributed by atoms with E-state index in [2.05, 4.69) is 26.6 Å². The molecule has 2 aliphatic rings. The number of benzene rings is 1. The Morgan fingerprint density at radius 2 is 1.84 bits per heavy atom. The van der Waals surface area contributed by atoms with Gasteiger partial charge in [0.15, 0.2) is 5.96 Å². The van der Waals surface area contributed by atoms with Crippen LogP contribution in [-0.4, -0.2) is 71.0 Å². The van der Waals surface area contributed by atoms with E-state index in [-0.39, 0.29) is 24.0 Å². The van der Waals surface area contributed by atoms with Crippen molar-refractivity contribution in [1.29, 1.82) is 0 Å². The molecule has 3 rings (SSSR count). The SMILES string of the molecule is CN=C(NCc1ccc(OC)cc1OC1CCCC1)NCC1CCN(CCOC)CC1.I. The number of methoxy groups -OCH3 is 2. The maximum absolute atomic E-state index is 6.31. The number of nitrogens with zero attached hydrogens (tertiary/aromatic N) is 2. The van der Waals surface area contributed by atoms with Crippen LogP contribution in [0.3, 0.4) is 0 Å². The minimum Gasteiger partial charge on any atom is -0.497 e. The van der Waals surface area contributed by atoms with E-state index in [0.29, 0.717) is 18.6 Å². The Balaban J connectivity index is 0.00000363. The molecule has 0 radical (unpaired) electrons. The van der Waals surface area contributed by atoms with Crippen molar-refractivity contribution < 1.29 is 14.2 Å². The van der Waals surface area contributed by atoms with Crippen molar-refractivity contribution >= 4 is 29.9 Å². The van der Waals surface area contributed by atoms with E-state index in [1.807, 2.05) is 19.2 Å². The highest BCUT2D eigenvalue weighted by atomic mass is 127. The van der Waals surface area contributed by atoms with E-state index in [0.717, 1.165) is 68.6 Å². The summed E-state index contributed by atoms with van der Waals surface area (Å²) in [5.74, 6) is 3.26. The van der Waals surface area contributed by atoms with Gasteiger partial charge in [-0.25, -0.2) is 0 Å². The summed E-state index contributed by atoms with van der Waals surface area (Å²) >= 11 is 0. The predicted molar refractivity (Wildman–Crippen MR) is 141 cm³/mol. The molecule has 0 unspecified atom stereocenters. The van der Waals surface area contributed by atoms with Crippen molar-refractivity contribution in [2.75, 3.05) is 54.1 Å². The molecule has 8 heteroatoms. The second-order valence-electron chi connectivity index (χ2n) is 8.58. The van der Waals surface area contributed by atoms with Gasteiger partial charge in [0, 0.05) is 45.4 Å². The van der Waals surface area contributed by atoms with Crippen molar-refractivity contribution in [1.82, 2.24) is 15.5 Å². The van der Waals surface area contributed by atoms with Crippen LogP contribution in [-0.2, 0) is 11.3 Å². The summed E-state index contributed by atoms with van der Waals surface area (Å²) in [7, 11) is 5.29. The molecule has 1 aliphatic heterocycles. The first-order valence-corrected chi connectivity index (χ1v) is 11.7. The third-order valence-electron chi connectivity index (χ3n) is 6.42. The zero-order chi connectivity index (χ0) is 21.9. The van der Waals surface area contributed by atoms with Crippen LogP contribution < -0.4 is 20.1 Å². The van der Waals surface area contributed by atoms with Gasteiger partial charge in [-0.2, -0.15) is 0 Å². The van der Waals surface area contributed by atoms with Gasteiger partial charge in [-0.05, 0) is 69.7 Å². The first-order valence-electron chi connectivity index (χ1n) is 11.7. The number of piperidine rings is 1. The number of likely N-dealkylation sites (tertiary alicyclic amines) is 1. The van der Waals surface area contributed by atoms with Crippen molar-refractivity contribution in [3.8, 4) is 11.5 Å². The van der Waals surface area contributed by atoms with E-state index in [9.17, 15) is 0 Å². The summed E-state index contributed by atoms with van der Waals surface area (Å²) in [6.07, 6.45) is 7.53. The molecular weight excluding hydrogens is 519 g/mol. The molecule has 1 aromatic carbocycles. The van der Waals surface area contributed by atoms with Crippen molar-refractivity contribution in [2.45, 2.75) is 51.2 Å². The normalized spacial score (nSPS) is 18.3. The van der Waals surface area contributed by atoms with Crippen LogP contribution >= 0.6 is 24.0 Å². The van der Waals surface area contributed by atoms with Gasteiger partial charge in [0.2, 0.25) is 0 Å². The quantitative estimate of drug-likeness (QED) is 0.259. The minimum atomic E-state index is 0. The second-order valence-corrected chi connectivity index (χ2v) is 8.58. The highest BCUT2D eigenvalue weighted by Crippen LogP contribution is 2.30. The van der Waals surface area contributed by atoms with Gasteiger partial charge < -0.3 is 29.7 Å². The molecule has 0 spiro atoms. The molecule has 1 aromatic rings. The lowest BCUT2D eigenvalue weighted by atomic mass is 9.97. The Morgan fingerprint density at radius 1 is 1.09 bits per heavy atom. The summed E-state index contributed by atoms with van der Waals surface area (Å²) in [4.78, 5) is 6.90. The van der Waals surface area contributed by atoms with E-state index in [1.165, 1.54) is 25.7 Å². The zero-order valence-corrected chi connectivity index (χ0v) is 22.2. The average molecular weight is 561 g/mol. The summed E-state index contributed by atoms with van der Waals surface area (Å²) < 4.78 is 16.9. The summed E-state index contributed by atoms with van der Waals surface area (Å²) in [6, 6.07) is 6.08. The van der Waals surface area contributed by atoms with E-state index >= 15 is 0 Å². The second kappa shape index (κ2) is 14.8. The smallest absolute Gasteiger partial charge is 0.191 e. The summed E-state index contributed by atoms with van der Waals surface area (Å²) in [6.45, 7) is 5.77. The van der Waals surface area contributed by atoms with Crippen molar-refractivity contribution in [2.24, 2.45) is 10.9 Å².